The average Bonchev–Trinajstić information content (AvgIpc) is 1.67. The second kappa shape index (κ2) is 45.8. The van der Waals surface area contributed by atoms with Crippen LogP contribution in [0.1, 0.15) is 170 Å². The molecular formula is C89H94N28O12S4. The third-order valence-electron chi connectivity index (χ3n) is 21.9. The van der Waals surface area contributed by atoms with E-state index in [1.54, 1.807) is 95.9 Å². The number of carbonyl (C=O) groups is 6. The molecular weight excluding hydrogens is 1780 g/mol. The van der Waals surface area contributed by atoms with Crippen molar-refractivity contribution in [2.75, 3.05) is 41.1 Å². The van der Waals surface area contributed by atoms with Crippen LogP contribution in [0.2, 0.25) is 0 Å². The van der Waals surface area contributed by atoms with Crippen molar-refractivity contribution in [1.82, 2.24) is 120 Å². The van der Waals surface area contributed by atoms with Crippen LogP contribution in [0.3, 0.4) is 0 Å². The molecule has 44 heteroatoms. The number of nitrogens with one attached hydrogen (secondary N) is 8. The summed E-state index contributed by atoms with van der Waals surface area (Å²) in [5, 5.41) is 91.4. The summed E-state index contributed by atoms with van der Waals surface area (Å²) in [5.41, 5.74) is 12.5. The average molecular weight is 1880 g/mol. The van der Waals surface area contributed by atoms with E-state index in [0.29, 0.717) is 117 Å². The molecule has 16 aromatic heterocycles. The van der Waals surface area contributed by atoms with Crippen molar-refractivity contribution >= 4 is 105 Å². The Morgan fingerprint density at radius 2 is 0.647 bits per heavy atom. The predicted octanol–water partition coefficient (Wildman–Crippen LogP) is 15.4. The predicted molar refractivity (Wildman–Crippen MR) is 498 cm³/mol. The maximum atomic E-state index is 13.0. The van der Waals surface area contributed by atoms with Gasteiger partial charge in [-0.15, -0.1) is 45.3 Å². The Balaban J connectivity index is 0.000000133. The number of aromatic nitrogens is 24. The van der Waals surface area contributed by atoms with E-state index in [4.69, 9.17) is 49.3 Å². The summed E-state index contributed by atoms with van der Waals surface area (Å²) in [6.45, 7) is 7.75. The Bertz CT molecular complexity index is 6160. The number of aromatic amines is 4. The van der Waals surface area contributed by atoms with Gasteiger partial charge in [0.2, 0.25) is 0 Å². The van der Waals surface area contributed by atoms with Crippen molar-refractivity contribution in [3.63, 3.8) is 0 Å². The Morgan fingerprint density at radius 1 is 0.383 bits per heavy atom. The lowest BCUT2D eigenvalue weighted by Gasteiger charge is -2.28. The van der Waals surface area contributed by atoms with Gasteiger partial charge in [-0.2, -0.15) is 40.8 Å². The number of nitrogens with zero attached hydrogens (tertiary/aromatic N) is 20. The zero-order valence-electron chi connectivity index (χ0n) is 72.2. The number of aliphatic hydroxyl groups excluding tert-OH is 1. The Labute approximate surface area is 776 Å². The fraction of sp³-hybridized carbons (Fsp3) is 0.303. The molecule has 4 fully saturated rings. The number of hydrogen-bond donors (Lipinski definition) is 11. The van der Waals surface area contributed by atoms with Crippen LogP contribution in [0, 0.1) is 0 Å². The summed E-state index contributed by atoms with van der Waals surface area (Å²) >= 11 is 5.58. The largest absolute Gasteiger partial charge is 0.483 e. The molecule has 4 aliphatic rings. The molecule has 16 heterocycles. The first-order valence-electron chi connectivity index (χ1n) is 42.9. The van der Waals surface area contributed by atoms with Gasteiger partial charge < -0.3 is 50.8 Å². The molecule has 6 atom stereocenters. The van der Waals surface area contributed by atoms with E-state index in [-0.39, 0.29) is 79.1 Å². The molecule has 133 heavy (non-hydrogen) atoms. The Morgan fingerprint density at radius 3 is 0.902 bits per heavy atom. The number of ether oxygens (including phenoxy) is 3. The maximum Gasteiger partial charge on any atom is 0.290 e. The zero-order chi connectivity index (χ0) is 92.4. The second-order valence-electron chi connectivity index (χ2n) is 30.6. The van der Waals surface area contributed by atoms with Crippen LogP contribution in [0.4, 0.5) is 22.7 Å². The van der Waals surface area contributed by atoms with Crippen LogP contribution in [0.15, 0.2) is 193 Å². The minimum Gasteiger partial charge on any atom is -0.483 e. The number of carboxylic acid groups (broad SMARTS) is 2. The van der Waals surface area contributed by atoms with E-state index in [1.165, 1.54) is 45.3 Å². The number of amides is 4. The van der Waals surface area contributed by atoms with Crippen LogP contribution < -0.4 is 21.3 Å². The van der Waals surface area contributed by atoms with Crippen molar-refractivity contribution in [3.8, 4) is 87.8 Å². The van der Waals surface area contributed by atoms with Crippen LogP contribution in [-0.2, 0) is 23.8 Å². The standard InChI is InChI=1S/C23H25N7O2S.2C22H23N7O2S.C20H19N7O2S.2CH2O2/c1-2-32-17-8-6-16(7-9-17)30-13-19(21(29-30)18-5-3-4-10-24-18)27-22(31)20-14-33-23(28-20)15-11-25-26-12-15;2*1-2-31-16-7-6-15(9-16)29-12-18(20(28-29)17-5-3-4-8-23-17)26-21(30)19-13-32-22(27-19)14-10-24-25-11-14;28-14-5-4-13(7-14)27-10-16(18(26-27)15-3-1-2-6-21-15)24-19(29)17-11-30-20(25-17)12-8-22-23-9-12;2*2-1-3/h3-5,10-14,16-17H,2,6-9H2,1H3,(H,25,26)(H,27,31);2*3-5,8,10-13,15-16H,2,6-7,9H2,1H3,(H,24,25)(H,26,30);1-3,6,8-11,13-14,28H,4-5,7H2,(H,22,23)(H,24,29);2*1H,(H,2,3)/t;2*15-,16+;13-,14+;;/m.000../s1. The molecule has 0 spiro atoms. The number of thiazole rings is 4. The first-order valence-corrected chi connectivity index (χ1v) is 46.4. The van der Waals surface area contributed by atoms with E-state index in [2.05, 4.69) is 107 Å². The molecule has 20 rings (SSSR count). The number of anilines is 4. The lowest BCUT2D eigenvalue weighted by atomic mass is 9.93. The molecule has 4 saturated carbocycles. The van der Waals surface area contributed by atoms with Crippen LogP contribution >= 0.6 is 45.3 Å². The molecule has 11 N–H and O–H groups in total. The molecule has 0 bridgehead atoms. The first-order chi connectivity index (χ1) is 65.1. The van der Waals surface area contributed by atoms with E-state index in [1.807, 2.05) is 137 Å². The van der Waals surface area contributed by atoms with Crippen LogP contribution in [0.5, 0.6) is 0 Å². The molecule has 0 unspecified atom stereocenters. The van der Waals surface area contributed by atoms with Gasteiger partial charge in [-0.1, -0.05) is 24.3 Å². The molecule has 4 amide bonds. The topological polar surface area (TPSA) is 528 Å². The molecule has 0 saturated heterocycles. The van der Waals surface area contributed by atoms with Crippen molar-refractivity contribution in [2.45, 2.75) is 153 Å². The molecule has 686 valence electrons. The third-order valence-corrected chi connectivity index (χ3v) is 25.5. The summed E-state index contributed by atoms with van der Waals surface area (Å²) in [7, 11) is 0. The van der Waals surface area contributed by atoms with Crippen molar-refractivity contribution in [2.24, 2.45) is 0 Å². The highest BCUT2D eigenvalue weighted by molar-refractivity contribution is 7.14. The Kier molecular flexibility index (Phi) is 32.1. The quantitative estimate of drug-likeness (QED) is 0.0224. The van der Waals surface area contributed by atoms with Gasteiger partial charge in [0.05, 0.1) is 119 Å². The minimum absolute atomic E-state index is 0.0973. The van der Waals surface area contributed by atoms with E-state index in [0.717, 1.165) is 126 Å². The van der Waals surface area contributed by atoms with Crippen molar-refractivity contribution < 1.29 is 58.3 Å². The van der Waals surface area contributed by atoms with Gasteiger partial charge in [0.1, 0.15) is 65.6 Å². The number of rotatable bonds is 26. The maximum absolute atomic E-state index is 13.0. The molecule has 40 nitrogen and oxygen atoms in total. The fourth-order valence-corrected chi connectivity index (χ4v) is 18.8. The van der Waals surface area contributed by atoms with Gasteiger partial charge in [-0.25, -0.2) is 19.9 Å². The lowest BCUT2D eigenvalue weighted by molar-refractivity contribution is -0.123. The minimum atomic E-state index is -0.316. The van der Waals surface area contributed by atoms with Gasteiger partial charge in [-0.05, 0) is 153 Å². The number of hydrogen-bond acceptors (Lipinski definition) is 30. The second-order valence-corrected chi connectivity index (χ2v) is 34.0. The fourth-order valence-electron chi connectivity index (χ4n) is 15.7. The highest BCUT2D eigenvalue weighted by Crippen LogP contribution is 2.41. The van der Waals surface area contributed by atoms with Gasteiger partial charge in [0, 0.05) is 138 Å². The Hall–Kier alpha value is -14.5. The van der Waals surface area contributed by atoms with Crippen molar-refractivity contribution in [3.05, 3.63) is 216 Å². The number of pyridine rings is 4. The summed E-state index contributed by atoms with van der Waals surface area (Å²) in [5.74, 6) is -1.17. The molecule has 4 aliphatic carbocycles. The van der Waals surface area contributed by atoms with Crippen molar-refractivity contribution in [1.29, 1.82) is 0 Å². The zero-order valence-corrected chi connectivity index (χ0v) is 75.4. The number of H-pyrrole nitrogens is 4. The third kappa shape index (κ3) is 24.0. The van der Waals surface area contributed by atoms with Crippen LogP contribution in [0.25, 0.3) is 87.8 Å². The molecule has 0 aliphatic heterocycles. The van der Waals surface area contributed by atoms with E-state index < -0.39 is 0 Å². The molecule has 0 aromatic carbocycles. The van der Waals surface area contributed by atoms with Crippen LogP contribution in [-0.4, -0.2) is 216 Å². The SMILES string of the molecule is CCOC1CCC(n2cc(NC(=O)c3csc(-c4cn[nH]c4)n3)c(-c3ccccn3)n2)CC1.CCO[C@@H]1CC[C@H](n2cc(NC(=O)c3csc(-c4cn[nH]c4)n3)c(-c3ccccn3)n2)C1.CCO[C@@H]1CC[C@H](n2cc(NC(=O)c3csc(-c4cn[nH]c4)n3)c(-c3ccccn3)n2)C1.O=C(Nc1cn([C@H]2CC[C@@H](O)C2)nc1-c1ccccn1)c1csc(-c2cn[nH]c2)n1.O=CO.O=CO. The summed E-state index contributed by atoms with van der Waals surface area (Å²) in [4.78, 5) is 104. The first kappa shape index (κ1) is 93.1. The summed E-state index contributed by atoms with van der Waals surface area (Å²) < 4.78 is 25.1. The summed E-state index contributed by atoms with van der Waals surface area (Å²) in [6.07, 6.45) is 40.6. The van der Waals surface area contributed by atoms with E-state index >= 15 is 0 Å². The van der Waals surface area contributed by atoms with E-state index in [9.17, 15) is 24.3 Å². The monoisotopic (exact) mass is 1870 g/mol. The molecule has 16 aromatic rings. The summed E-state index contributed by atoms with van der Waals surface area (Å²) in [6, 6.07) is 23.4. The van der Waals surface area contributed by atoms with Gasteiger partial charge in [-0.3, -0.25) is 87.8 Å². The lowest BCUT2D eigenvalue weighted by Crippen LogP contribution is -2.24. The molecule has 0 radical (unpaired) electrons. The van der Waals surface area contributed by atoms with Gasteiger partial charge >= 0.3 is 0 Å². The number of aliphatic hydroxyl groups is 1. The number of carbonyl (C=O) groups excluding carboxylic acids is 4. The smallest absolute Gasteiger partial charge is 0.290 e. The highest BCUT2D eigenvalue weighted by atomic mass is 32.1. The normalized spacial score (nSPS) is 17.7. The highest BCUT2D eigenvalue weighted by Gasteiger charge is 2.34. The van der Waals surface area contributed by atoms with Gasteiger partial charge in [0.15, 0.2) is 0 Å². The van der Waals surface area contributed by atoms with Gasteiger partial charge in [0.25, 0.3) is 36.6 Å².